The van der Waals surface area contributed by atoms with Gasteiger partial charge in [0.2, 0.25) is 0 Å². The number of hydrogen-bond donors (Lipinski definition) is 0. The van der Waals surface area contributed by atoms with Crippen LogP contribution in [0.4, 0.5) is 0 Å². The molecule has 23 heavy (non-hydrogen) atoms. The number of hydrogen-bond acceptors (Lipinski definition) is 5. The summed E-state index contributed by atoms with van der Waals surface area (Å²) in [5, 5.41) is 2.02. The molecule has 120 valence electrons. The van der Waals surface area contributed by atoms with Crippen molar-refractivity contribution in [3.8, 4) is 10.6 Å². The zero-order valence-electron chi connectivity index (χ0n) is 12.7. The molecule has 1 amide bonds. The van der Waals surface area contributed by atoms with Gasteiger partial charge in [-0.05, 0) is 23.6 Å². The van der Waals surface area contributed by atoms with Gasteiger partial charge in [-0.3, -0.25) is 9.78 Å². The van der Waals surface area contributed by atoms with Gasteiger partial charge in [-0.15, -0.1) is 11.3 Å². The van der Waals surface area contributed by atoms with E-state index >= 15 is 0 Å². The van der Waals surface area contributed by atoms with E-state index in [2.05, 4.69) is 4.98 Å². The first-order valence-electron chi connectivity index (χ1n) is 7.83. The van der Waals surface area contributed by atoms with Gasteiger partial charge in [-0.1, -0.05) is 6.07 Å². The monoisotopic (exact) mass is 330 g/mol. The fourth-order valence-corrected chi connectivity index (χ4v) is 3.81. The molecule has 0 atom stereocenters. The molecule has 0 radical (unpaired) electrons. The third kappa shape index (κ3) is 2.89. The summed E-state index contributed by atoms with van der Waals surface area (Å²) in [6.45, 7) is 2.63. The maximum Gasteiger partial charge on any atom is 0.255 e. The van der Waals surface area contributed by atoms with Crippen LogP contribution in [-0.2, 0) is 9.47 Å². The van der Waals surface area contributed by atoms with Gasteiger partial charge < -0.3 is 14.4 Å². The average Bonchev–Trinajstić information content (AvgIpc) is 3.28. The Balaban J connectivity index is 1.43. The van der Waals surface area contributed by atoms with E-state index in [4.69, 9.17) is 9.47 Å². The van der Waals surface area contributed by atoms with E-state index in [9.17, 15) is 4.79 Å². The largest absolute Gasteiger partial charge is 0.347 e. The predicted octanol–water partition coefficient (Wildman–Crippen LogP) is 2.79. The third-order valence-corrected chi connectivity index (χ3v) is 5.30. The van der Waals surface area contributed by atoms with E-state index < -0.39 is 5.79 Å². The van der Waals surface area contributed by atoms with Crippen molar-refractivity contribution in [2.45, 2.75) is 18.6 Å². The Bertz CT molecular complexity index is 668. The molecular formula is C17H18N2O3S. The lowest BCUT2D eigenvalue weighted by Crippen LogP contribution is -2.47. The van der Waals surface area contributed by atoms with Crippen molar-refractivity contribution in [3.05, 3.63) is 41.4 Å². The first kappa shape index (κ1) is 14.8. The molecular weight excluding hydrogens is 312 g/mol. The van der Waals surface area contributed by atoms with E-state index in [0.717, 1.165) is 23.4 Å². The number of pyridine rings is 1. The molecule has 2 aromatic rings. The van der Waals surface area contributed by atoms with Crippen molar-refractivity contribution in [1.29, 1.82) is 0 Å². The lowest BCUT2D eigenvalue weighted by molar-refractivity contribution is -0.181. The van der Waals surface area contributed by atoms with Crippen LogP contribution in [0.25, 0.3) is 10.6 Å². The molecule has 2 aromatic heterocycles. The summed E-state index contributed by atoms with van der Waals surface area (Å²) in [5.41, 5.74) is 1.54. The molecule has 0 aliphatic carbocycles. The Morgan fingerprint density at radius 3 is 2.57 bits per heavy atom. The summed E-state index contributed by atoms with van der Waals surface area (Å²) >= 11 is 1.64. The number of aromatic nitrogens is 1. The molecule has 2 aliphatic rings. The minimum Gasteiger partial charge on any atom is -0.347 e. The lowest BCUT2D eigenvalue weighted by atomic mass is 10.0. The smallest absolute Gasteiger partial charge is 0.255 e. The van der Waals surface area contributed by atoms with E-state index in [0.29, 0.717) is 31.9 Å². The van der Waals surface area contributed by atoms with Crippen LogP contribution in [0.2, 0.25) is 0 Å². The van der Waals surface area contributed by atoms with Gasteiger partial charge in [-0.2, -0.15) is 0 Å². The van der Waals surface area contributed by atoms with E-state index in [1.807, 2.05) is 34.5 Å². The molecule has 2 saturated heterocycles. The Hall–Kier alpha value is -1.76. The highest BCUT2D eigenvalue weighted by molar-refractivity contribution is 7.13. The van der Waals surface area contributed by atoms with E-state index in [-0.39, 0.29) is 5.91 Å². The van der Waals surface area contributed by atoms with Crippen LogP contribution in [0.3, 0.4) is 0 Å². The second-order valence-electron chi connectivity index (χ2n) is 5.81. The minimum absolute atomic E-state index is 0.0306. The van der Waals surface area contributed by atoms with Crippen LogP contribution in [-0.4, -0.2) is 47.9 Å². The number of amides is 1. The van der Waals surface area contributed by atoms with Gasteiger partial charge in [0, 0.05) is 32.1 Å². The first-order valence-corrected chi connectivity index (χ1v) is 8.71. The maximum atomic E-state index is 12.6. The molecule has 2 aliphatic heterocycles. The van der Waals surface area contributed by atoms with Gasteiger partial charge in [0.25, 0.3) is 5.91 Å². The standard InChI is InChI=1S/C17H18N2O3S/c20-16(19-7-5-17(6-8-19)21-9-10-22-17)13-3-4-14(18-12-13)15-2-1-11-23-15/h1-4,11-12H,5-10H2. The van der Waals surface area contributed by atoms with Crippen molar-refractivity contribution in [2.24, 2.45) is 0 Å². The fraction of sp³-hybridized carbons (Fsp3) is 0.412. The second-order valence-corrected chi connectivity index (χ2v) is 6.76. The fourth-order valence-electron chi connectivity index (χ4n) is 3.11. The van der Waals surface area contributed by atoms with Crippen molar-refractivity contribution in [2.75, 3.05) is 26.3 Å². The first-order chi connectivity index (χ1) is 11.3. The van der Waals surface area contributed by atoms with Crippen molar-refractivity contribution >= 4 is 17.2 Å². The molecule has 0 aromatic carbocycles. The van der Waals surface area contributed by atoms with E-state index in [1.54, 1.807) is 17.5 Å². The molecule has 0 bridgehead atoms. The molecule has 1 spiro atoms. The number of rotatable bonds is 2. The second kappa shape index (κ2) is 6.03. The highest BCUT2D eigenvalue weighted by Gasteiger charge is 2.40. The zero-order valence-corrected chi connectivity index (χ0v) is 13.6. The Kier molecular flexibility index (Phi) is 3.88. The third-order valence-electron chi connectivity index (χ3n) is 4.41. The van der Waals surface area contributed by atoms with Gasteiger partial charge in [0.05, 0.1) is 29.3 Å². The summed E-state index contributed by atoms with van der Waals surface area (Å²) in [4.78, 5) is 20.0. The molecule has 0 saturated carbocycles. The average molecular weight is 330 g/mol. The number of thiophene rings is 1. The predicted molar refractivity (Wildman–Crippen MR) is 87.3 cm³/mol. The molecule has 4 heterocycles. The van der Waals surface area contributed by atoms with Crippen molar-refractivity contribution in [1.82, 2.24) is 9.88 Å². The normalized spacial score (nSPS) is 20.1. The van der Waals surface area contributed by atoms with Crippen LogP contribution >= 0.6 is 11.3 Å². The summed E-state index contributed by atoms with van der Waals surface area (Å²) in [6, 6.07) is 7.79. The maximum absolute atomic E-state index is 12.6. The molecule has 0 N–H and O–H groups in total. The van der Waals surface area contributed by atoms with Crippen LogP contribution in [0.15, 0.2) is 35.8 Å². The van der Waals surface area contributed by atoms with E-state index in [1.165, 1.54) is 0 Å². The number of piperidine rings is 1. The molecule has 2 fully saturated rings. The highest BCUT2D eigenvalue weighted by atomic mass is 32.1. The Labute approximate surface area is 138 Å². The molecule has 4 rings (SSSR count). The highest BCUT2D eigenvalue weighted by Crippen LogP contribution is 2.31. The van der Waals surface area contributed by atoms with Gasteiger partial charge >= 0.3 is 0 Å². The number of carbonyl (C=O) groups is 1. The van der Waals surface area contributed by atoms with Gasteiger partial charge in [0.15, 0.2) is 5.79 Å². The Morgan fingerprint density at radius 2 is 1.96 bits per heavy atom. The molecule has 6 heteroatoms. The summed E-state index contributed by atoms with van der Waals surface area (Å²) < 4.78 is 11.4. The molecule has 5 nitrogen and oxygen atoms in total. The van der Waals surface area contributed by atoms with Crippen LogP contribution in [0.5, 0.6) is 0 Å². The minimum atomic E-state index is -0.446. The summed E-state index contributed by atoms with van der Waals surface area (Å²) in [5.74, 6) is -0.416. The summed E-state index contributed by atoms with van der Waals surface area (Å²) in [7, 11) is 0. The zero-order chi connectivity index (χ0) is 15.7. The van der Waals surface area contributed by atoms with Gasteiger partial charge in [-0.25, -0.2) is 0 Å². The lowest BCUT2D eigenvalue weighted by Gasteiger charge is -2.37. The molecule has 0 unspecified atom stereocenters. The van der Waals surface area contributed by atoms with Crippen molar-refractivity contribution in [3.63, 3.8) is 0 Å². The summed E-state index contributed by atoms with van der Waals surface area (Å²) in [6.07, 6.45) is 3.14. The number of carbonyl (C=O) groups excluding carboxylic acids is 1. The SMILES string of the molecule is O=C(c1ccc(-c2cccs2)nc1)N1CCC2(CC1)OCCO2. The number of nitrogens with zero attached hydrogens (tertiary/aromatic N) is 2. The van der Waals surface area contributed by atoms with Crippen LogP contribution < -0.4 is 0 Å². The number of likely N-dealkylation sites (tertiary alicyclic amines) is 1. The van der Waals surface area contributed by atoms with Gasteiger partial charge in [0.1, 0.15) is 0 Å². The van der Waals surface area contributed by atoms with Crippen LogP contribution in [0.1, 0.15) is 23.2 Å². The van der Waals surface area contributed by atoms with Crippen molar-refractivity contribution < 1.29 is 14.3 Å². The van der Waals surface area contributed by atoms with Crippen LogP contribution in [0, 0.1) is 0 Å². The quantitative estimate of drug-likeness (QED) is 0.850. The Morgan fingerprint density at radius 1 is 1.17 bits per heavy atom. The topological polar surface area (TPSA) is 51.7 Å². The number of ether oxygens (including phenoxy) is 2.